The first-order valence-corrected chi connectivity index (χ1v) is 6.15. The van der Waals surface area contributed by atoms with Crippen LogP contribution in [0, 0.1) is 0 Å². The Labute approximate surface area is 97.7 Å². The molecule has 0 amide bonds. The van der Waals surface area contributed by atoms with Gasteiger partial charge < -0.3 is 11.3 Å². The van der Waals surface area contributed by atoms with E-state index in [0.717, 1.165) is 32.7 Å². The quantitative estimate of drug-likeness (QED) is 0.486. The monoisotopic (exact) mass is 255 g/mol. The van der Waals surface area contributed by atoms with E-state index in [1.807, 2.05) is 0 Å². The van der Waals surface area contributed by atoms with E-state index >= 15 is 0 Å². The van der Waals surface area contributed by atoms with E-state index in [1.165, 1.54) is 0 Å². The first-order chi connectivity index (χ1) is 7.22. The van der Waals surface area contributed by atoms with Gasteiger partial charge in [-0.3, -0.25) is 14.0 Å². The van der Waals surface area contributed by atoms with Gasteiger partial charge in [-0.2, -0.15) is 0 Å². The Hall–Kier alpha value is -0.250. The minimum atomic E-state index is -2.71. The molecule has 0 aliphatic carbocycles. The largest absolute Gasteiger partial charge is 0.395 e. The fourth-order valence-corrected chi connectivity index (χ4v) is 1.85. The zero-order chi connectivity index (χ0) is 11.1. The molecule has 1 heterocycles. The Balaban J connectivity index is 0.00000225. The number of β-amino-alcohol motifs (C(OH)–C–C–N with tert-alkyl or cyclic N) is 1. The molecule has 0 aromatic carbocycles. The summed E-state index contributed by atoms with van der Waals surface area (Å²) in [5.74, 6) is 0. The third-order valence-electron chi connectivity index (χ3n) is 2.49. The molecule has 0 spiro atoms. The van der Waals surface area contributed by atoms with Gasteiger partial charge in [0.05, 0.1) is 13.2 Å². The third kappa shape index (κ3) is 6.36. The number of thiol groups is 1. The highest BCUT2D eigenvalue weighted by molar-refractivity contribution is 7.67. The molecule has 0 bridgehead atoms. The average Bonchev–Trinajstić information content (AvgIpc) is 2.20. The van der Waals surface area contributed by atoms with Crippen LogP contribution in [0.5, 0.6) is 0 Å². The lowest BCUT2D eigenvalue weighted by Gasteiger charge is -2.33. The molecule has 1 fully saturated rings. The van der Waals surface area contributed by atoms with Crippen LogP contribution in [-0.4, -0.2) is 75.8 Å². The molecule has 1 saturated heterocycles. The van der Waals surface area contributed by atoms with Gasteiger partial charge in [-0.05, 0) is 0 Å². The first kappa shape index (κ1) is 15.8. The maximum absolute atomic E-state index is 10.1. The normalized spacial score (nSPS) is 18.6. The number of hydrogen-bond acceptors (Lipinski definition) is 7. The van der Waals surface area contributed by atoms with Gasteiger partial charge in [0.2, 0.25) is 0 Å². The standard InChI is InChI=1S/C8H18N2O4S.H3N/c11-7-5-9-1-3-10(4-2-9)6-8-14-15(12)13;/h11,15H,1-8H2;1H3. The molecule has 1 aliphatic rings. The van der Waals surface area contributed by atoms with Gasteiger partial charge in [0.1, 0.15) is 0 Å². The summed E-state index contributed by atoms with van der Waals surface area (Å²) in [5, 5.41) is 8.74. The SMILES string of the molecule is N.O=[SH](=O)OCCN1CCN(CCO)CC1. The number of aliphatic hydroxyl groups excluding tert-OH is 1. The second kappa shape index (κ2) is 8.85. The van der Waals surface area contributed by atoms with Crippen LogP contribution in [0.4, 0.5) is 0 Å². The van der Waals surface area contributed by atoms with Crippen LogP contribution in [0.1, 0.15) is 0 Å². The lowest BCUT2D eigenvalue weighted by atomic mass is 10.3. The van der Waals surface area contributed by atoms with Gasteiger partial charge in [-0.15, -0.1) is 0 Å². The van der Waals surface area contributed by atoms with Crippen molar-refractivity contribution in [3.05, 3.63) is 0 Å². The fraction of sp³-hybridized carbons (Fsp3) is 1.00. The molecule has 0 aromatic rings. The zero-order valence-corrected chi connectivity index (χ0v) is 10.3. The van der Waals surface area contributed by atoms with E-state index in [1.54, 1.807) is 0 Å². The smallest absolute Gasteiger partial charge is 0.257 e. The molecule has 0 saturated carbocycles. The van der Waals surface area contributed by atoms with Crippen molar-refractivity contribution in [1.29, 1.82) is 0 Å². The molecule has 0 aromatic heterocycles. The van der Waals surface area contributed by atoms with E-state index in [4.69, 9.17) is 5.11 Å². The molecule has 8 heteroatoms. The van der Waals surface area contributed by atoms with Crippen molar-refractivity contribution in [2.45, 2.75) is 0 Å². The predicted molar refractivity (Wildman–Crippen MR) is 61.3 cm³/mol. The average molecular weight is 255 g/mol. The van der Waals surface area contributed by atoms with Crippen LogP contribution in [0.25, 0.3) is 0 Å². The number of nitrogens with zero attached hydrogens (tertiary/aromatic N) is 2. The molecule has 0 radical (unpaired) electrons. The molecular weight excluding hydrogens is 234 g/mol. The van der Waals surface area contributed by atoms with Gasteiger partial charge in [0.25, 0.3) is 11.0 Å². The Morgan fingerprint density at radius 3 is 2.00 bits per heavy atom. The summed E-state index contributed by atoms with van der Waals surface area (Å²) < 4.78 is 24.8. The van der Waals surface area contributed by atoms with Crippen molar-refractivity contribution in [1.82, 2.24) is 16.0 Å². The van der Waals surface area contributed by atoms with Crippen LogP contribution >= 0.6 is 0 Å². The van der Waals surface area contributed by atoms with Gasteiger partial charge in [-0.25, -0.2) is 8.42 Å². The van der Waals surface area contributed by atoms with Crippen molar-refractivity contribution < 1.29 is 17.7 Å². The maximum Gasteiger partial charge on any atom is 0.257 e. The first-order valence-electron chi connectivity index (χ1n) is 5.05. The molecule has 0 atom stereocenters. The van der Waals surface area contributed by atoms with E-state index in [0.29, 0.717) is 6.54 Å². The Morgan fingerprint density at radius 2 is 1.56 bits per heavy atom. The maximum atomic E-state index is 10.1. The summed E-state index contributed by atoms with van der Waals surface area (Å²) in [6.45, 7) is 5.44. The van der Waals surface area contributed by atoms with E-state index in [2.05, 4.69) is 14.0 Å². The van der Waals surface area contributed by atoms with Gasteiger partial charge >= 0.3 is 0 Å². The van der Waals surface area contributed by atoms with Crippen LogP contribution in [-0.2, 0) is 15.2 Å². The number of aliphatic hydroxyl groups is 1. The molecule has 1 rings (SSSR count). The predicted octanol–water partition coefficient (Wildman–Crippen LogP) is -1.70. The molecule has 4 N–H and O–H groups in total. The number of rotatable bonds is 6. The molecule has 98 valence electrons. The number of piperazine rings is 1. The van der Waals surface area contributed by atoms with Gasteiger partial charge in [-0.1, -0.05) is 0 Å². The third-order valence-corrected chi connectivity index (χ3v) is 2.88. The van der Waals surface area contributed by atoms with Crippen molar-refractivity contribution in [2.24, 2.45) is 0 Å². The van der Waals surface area contributed by atoms with Crippen LogP contribution in [0.15, 0.2) is 0 Å². The summed E-state index contributed by atoms with van der Waals surface area (Å²) in [4.78, 5) is 4.35. The highest BCUT2D eigenvalue weighted by Gasteiger charge is 2.15. The highest BCUT2D eigenvalue weighted by Crippen LogP contribution is 2.00. The Bertz CT molecular complexity index is 233. The zero-order valence-electron chi connectivity index (χ0n) is 9.38. The van der Waals surface area contributed by atoms with Crippen LogP contribution in [0.2, 0.25) is 0 Å². The van der Waals surface area contributed by atoms with Crippen molar-refractivity contribution >= 4 is 11.0 Å². The lowest BCUT2D eigenvalue weighted by Crippen LogP contribution is -2.47. The van der Waals surface area contributed by atoms with Crippen molar-refractivity contribution in [2.75, 3.05) is 52.5 Å². The topological polar surface area (TPSA) is 105 Å². The minimum absolute atomic E-state index is 0. The molecular formula is C8H21N3O4S. The van der Waals surface area contributed by atoms with Crippen LogP contribution in [0.3, 0.4) is 0 Å². The summed E-state index contributed by atoms with van der Waals surface area (Å²) in [6.07, 6.45) is 0. The second-order valence-electron chi connectivity index (χ2n) is 3.46. The molecule has 0 unspecified atom stereocenters. The number of hydrogen-bond donors (Lipinski definition) is 3. The lowest BCUT2D eigenvalue weighted by molar-refractivity contribution is 0.103. The summed E-state index contributed by atoms with van der Waals surface area (Å²) in [5.41, 5.74) is 0. The molecule has 7 nitrogen and oxygen atoms in total. The molecule has 16 heavy (non-hydrogen) atoms. The minimum Gasteiger partial charge on any atom is -0.395 e. The van der Waals surface area contributed by atoms with Gasteiger partial charge in [0.15, 0.2) is 0 Å². The van der Waals surface area contributed by atoms with E-state index in [-0.39, 0.29) is 19.4 Å². The fourth-order valence-electron chi connectivity index (χ4n) is 1.62. The Kier molecular flexibility index (Phi) is 8.71. The van der Waals surface area contributed by atoms with Crippen LogP contribution < -0.4 is 6.15 Å². The summed E-state index contributed by atoms with van der Waals surface area (Å²) in [6, 6.07) is 0. The highest BCUT2D eigenvalue weighted by atomic mass is 32.2. The molecule has 1 aliphatic heterocycles. The summed E-state index contributed by atoms with van der Waals surface area (Å²) >= 11 is 0. The second-order valence-corrected chi connectivity index (χ2v) is 4.17. The van der Waals surface area contributed by atoms with Crippen molar-refractivity contribution in [3.8, 4) is 0 Å². The summed E-state index contributed by atoms with van der Waals surface area (Å²) in [7, 11) is -2.71. The van der Waals surface area contributed by atoms with Crippen molar-refractivity contribution in [3.63, 3.8) is 0 Å². The Morgan fingerprint density at radius 1 is 1.06 bits per heavy atom. The van der Waals surface area contributed by atoms with Gasteiger partial charge in [0, 0.05) is 39.3 Å². The van der Waals surface area contributed by atoms with E-state index in [9.17, 15) is 8.42 Å². The van der Waals surface area contributed by atoms with E-state index < -0.39 is 11.0 Å².